The van der Waals surface area contributed by atoms with E-state index in [0.29, 0.717) is 36.9 Å². The van der Waals surface area contributed by atoms with Crippen LogP contribution in [0.25, 0.3) is 0 Å². The van der Waals surface area contributed by atoms with Crippen LogP contribution in [-0.4, -0.2) is 51.9 Å². The number of nitrogens with zero attached hydrogens (tertiary/aromatic N) is 3. The van der Waals surface area contributed by atoms with Gasteiger partial charge in [0.1, 0.15) is 6.54 Å². The van der Waals surface area contributed by atoms with Crippen molar-refractivity contribution in [2.45, 2.75) is 11.8 Å². The van der Waals surface area contributed by atoms with E-state index in [9.17, 15) is 13.2 Å². The summed E-state index contributed by atoms with van der Waals surface area (Å²) in [5.41, 5.74) is 2.62. The molecular formula is C25H25BrClN3O3S. The van der Waals surface area contributed by atoms with Gasteiger partial charge in [0.2, 0.25) is 5.91 Å². The van der Waals surface area contributed by atoms with E-state index in [4.69, 9.17) is 11.6 Å². The number of aryl methyl sites for hydroxylation is 1. The van der Waals surface area contributed by atoms with E-state index < -0.39 is 10.0 Å². The quantitative estimate of drug-likeness (QED) is 0.426. The van der Waals surface area contributed by atoms with Gasteiger partial charge in [0.05, 0.1) is 10.6 Å². The molecule has 9 heteroatoms. The van der Waals surface area contributed by atoms with Crippen LogP contribution in [0.1, 0.15) is 5.56 Å². The van der Waals surface area contributed by atoms with Gasteiger partial charge >= 0.3 is 0 Å². The van der Waals surface area contributed by atoms with Crippen molar-refractivity contribution in [1.29, 1.82) is 0 Å². The summed E-state index contributed by atoms with van der Waals surface area (Å²) in [6, 6.07) is 20.9. The minimum absolute atomic E-state index is 0.145. The molecule has 0 spiro atoms. The van der Waals surface area contributed by atoms with Crippen LogP contribution >= 0.6 is 27.5 Å². The van der Waals surface area contributed by atoms with Crippen LogP contribution in [0.3, 0.4) is 0 Å². The van der Waals surface area contributed by atoms with Crippen LogP contribution in [0.2, 0.25) is 5.02 Å². The summed E-state index contributed by atoms with van der Waals surface area (Å²) in [6.07, 6.45) is 0. The van der Waals surface area contributed by atoms with Gasteiger partial charge in [-0.25, -0.2) is 8.42 Å². The Morgan fingerprint density at radius 1 is 0.971 bits per heavy atom. The van der Waals surface area contributed by atoms with Crippen molar-refractivity contribution in [3.05, 3.63) is 87.9 Å². The summed E-state index contributed by atoms with van der Waals surface area (Å²) >= 11 is 9.56. The summed E-state index contributed by atoms with van der Waals surface area (Å²) in [5.74, 6) is -0.232. The zero-order chi connectivity index (χ0) is 24.3. The monoisotopic (exact) mass is 561 g/mol. The molecule has 1 aliphatic rings. The van der Waals surface area contributed by atoms with E-state index in [1.165, 1.54) is 16.4 Å². The highest BCUT2D eigenvalue weighted by atomic mass is 79.9. The molecule has 1 amide bonds. The Morgan fingerprint density at radius 2 is 1.62 bits per heavy atom. The summed E-state index contributed by atoms with van der Waals surface area (Å²) in [4.78, 5) is 17.3. The highest BCUT2D eigenvalue weighted by Gasteiger charge is 2.30. The number of anilines is 2. The number of hydrogen-bond acceptors (Lipinski definition) is 4. The third-order valence-electron chi connectivity index (χ3n) is 5.87. The van der Waals surface area contributed by atoms with Crippen LogP contribution in [-0.2, 0) is 14.8 Å². The third-order valence-corrected chi connectivity index (χ3v) is 8.42. The number of piperazine rings is 1. The van der Waals surface area contributed by atoms with E-state index in [0.717, 1.165) is 15.7 Å². The second-order valence-corrected chi connectivity index (χ2v) is 11.3. The lowest BCUT2D eigenvalue weighted by Crippen LogP contribution is -2.52. The fraction of sp³-hybridized carbons (Fsp3) is 0.240. The number of benzene rings is 3. The first-order valence-corrected chi connectivity index (χ1v) is 13.5. The maximum absolute atomic E-state index is 13.5. The molecule has 0 aromatic heterocycles. The Kier molecular flexibility index (Phi) is 7.50. The molecule has 0 atom stereocenters. The Hall–Kier alpha value is -2.55. The van der Waals surface area contributed by atoms with Gasteiger partial charge in [-0.1, -0.05) is 51.8 Å². The van der Waals surface area contributed by atoms with Crippen molar-refractivity contribution in [1.82, 2.24) is 4.90 Å². The Labute approximate surface area is 213 Å². The van der Waals surface area contributed by atoms with Crippen molar-refractivity contribution in [2.24, 2.45) is 0 Å². The van der Waals surface area contributed by atoms with E-state index in [1.807, 2.05) is 25.1 Å². The van der Waals surface area contributed by atoms with Gasteiger partial charge in [-0.05, 0) is 61.0 Å². The molecule has 0 N–H and O–H groups in total. The van der Waals surface area contributed by atoms with Crippen LogP contribution in [0.15, 0.2) is 82.2 Å². The normalized spacial score (nSPS) is 14.2. The molecule has 4 rings (SSSR count). The van der Waals surface area contributed by atoms with Crippen LogP contribution in [0.4, 0.5) is 11.4 Å². The first-order valence-electron chi connectivity index (χ1n) is 10.9. The number of hydrogen-bond donors (Lipinski definition) is 0. The van der Waals surface area contributed by atoms with Crippen LogP contribution in [0.5, 0.6) is 0 Å². The molecule has 0 bridgehead atoms. The van der Waals surface area contributed by atoms with E-state index in [-0.39, 0.29) is 17.3 Å². The number of carbonyl (C=O) groups is 1. The van der Waals surface area contributed by atoms with Crippen molar-refractivity contribution in [2.75, 3.05) is 41.9 Å². The molecule has 1 saturated heterocycles. The number of amides is 1. The molecule has 3 aromatic rings. The highest BCUT2D eigenvalue weighted by molar-refractivity contribution is 9.10. The predicted octanol–water partition coefficient (Wildman–Crippen LogP) is 4.96. The second kappa shape index (κ2) is 10.4. The van der Waals surface area contributed by atoms with E-state index in [2.05, 4.69) is 20.8 Å². The fourth-order valence-corrected chi connectivity index (χ4v) is 5.85. The zero-order valence-corrected chi connectivity index (χ0v) is 21.9. The minimum Gasteiger partial charge on any atom is -0.368 e. The van der Waals surface area contributed by atoms with Crippen LogP contribution in [0, 0.1) is 6.92 Å². The number of halogens is 2. The largest absolute Gasteiger partial charge is 0.368 e. The van der Waals surface area contributed by atoms with Gasteiger partial charge in [0, 0.05) is 41.4 Å². The van der Waals surface area contributed by atoms with Crippen molar-refractivity contribution >= 4 is 54.8 Å². The summed E-state index contributed by atoms with van der Waals surface area (Å²) in [7, 11) is -3.92. The molecule has 0 saturated carbocycles. The van der Waals surface area contributed by atoms with E-state index >= 15 is 0 Å². The lowest BCUT2D eigenvalue weighted by molar-refractivity contribution is -0.129. The second-order valence-electron chi connectivity index (χ2n) is 8.10. The molecule has 1 aliphatic heterocycles. The Morgan fingerprint density at radius 3 is 2.26 bits per heavy atom. The average molecular weight is 563 g/mol. The van der Waals surface area contributed by atoms with E-state index in [1.54, 1.807) is 47.4 Å². The molecule has 0 aliphatic carbocycles. The maximum atomic E-state index is 13.5. The lowest BCUT2D eigenvalue weighted by atomic mass is 10.1. The first kappa shape index (κ1) is 24.6. The maximum Gasteiger partial charge on any atom is 0.264 e. The molecule has 1 fully saturated rings. The van der Waals surface area contributed by atoms with Gasteiger partial charge in [0.15, 0.2) is 0 Å². The fourth-order valence-electron chi connectivity index (χ4n) is 3.98. The van der Waals surface area contributed by atoms with Crippen molar-refractivity contribution in [3.8, 4) is 0 Å². The smallest absolute Gasteiger partial charge is 0.264 e. The van der Waals surface area contributed by atoms with Gasteiger partial charge in [0.25, 0.3) is 10.0 Å². The first-order chi connectivity index (χ1) is 16.3. The molecule has 0 radical (unpaired) electrons. The van der Waals surface area contributed by atoms with Crippen molar-refractivity contribution < 1.29 is 13.2 Å². The topological polar surface area (TPSA) is 60.9 Å². The summed E-state index contributed by atoms with van der Waals surface area (Å²) in [5, 5.41) is 0.676. The average Bonchev–Trinajstić information content (AvgIpc) is 2.85. The van der Waals surface area contributed by atoms with Gasteiger partial charge in [-0.3, -0.25) is 9.10 Å². The third kappa shape index (κ3) is 5.40. The van der Waals surface area contributed by atoms with Gasteiger partial charge in [-0.15, -0.1) is 0 Å². The number of carbonyl (C=O) groups excluding carboxylic acids is 1. The number of rotatable bonds is 6. The molecule has 34 heavy (non-hydrogen) atoms. The Balaban J connectivity index is 1.52. The van der Waals surface area contributed by atoms with Crippen LogP contribution < -0.4 is 9.21 Å². The molecular weight excluding hydrogens is 538 g/mol. The molecule has 6 nitrogen and oxygen atoms in total. The molecule has 3 aromatic carbocycles. The molecule has 178 valence electrons. The lowest BCUT2D eigenvalue weighted by Gasteiger charge is -2.37. The molecule has 0 unspecified atom stereocenters. The summed E-state index contributed by atoms with van der Waals surface area (Å²) < 4.78 is 28.9. The predicted molar refractivity (Wildman–Crippen MR) is 140 cm³/mol. The standard InChI is InChI=1S/C25H25BrClN3O3S/c1-19-7-10-21(27)17-24(19)28-13-15-29(16-14-28)25(31)18-30(22-11-8-20(26)9-12-22)34(32,33)23-5-3-2-4-6-23/h2-12,17H,13-16,18H2,1H3. The van der Waals surface area contributed by atoms with Crippen molar-refractivity contribution in [3.63, 3.8) is 0 Å². The number of sulfonamides is 1. The molecule has 1 heterocycles. The zero-order valence-electron chi connectivity index (χ0n) is 18.7. The Bertz CT molecular complexity index is 1260. The van der Waals surface area contributed by atoms with Gasteiger partial charge < -0.3 is 9.80 Å². The minimum atomic E-state index is -3.92. The summed E-state index contributed by atoms with van der Waals surface area (Å²) in [6.45, 7) is 4.07. The highest BCUT2D eigenvalue weighted by Crippen LogP contribution is 2.27. The SMILES string of the molecule is Cc1ccc(Cl)cc1N1CCN(C(=O)CN(c2ccc(Br)cc2)S(=O)(=O)c2ccccc2)CC1. The van der Waals surface area contributed by atoms with Gasteiger partial charge in [-0.2, -0.15) is 0 Å².